The van der Waals surface area contributed by atoms with E-state index in [-0.39, 0.29) is 5.91 Å². The van der Waals surface area contributed by atoms with Crippen LogP contribution in [0.5, 0.6) is 0 Å². The van der Waals surface area contributed by atoms with Crippen molar-refractivity contribution in [1.82, 2.24) is 9.47 Å². The largest absolute Gasteiger partial charge is 0.378 e. The molecule has 1 aliphatic rings. The van der Waals surface area contributed by atoms with Gasteiger partial charge in [0.15, 0.2) is 0 Å². The van der Waals surface area contributed by atoms with E-state index in [1.165, 1.54) is 16.7 Å². The summed E-state index contributed by atoms with van der Waals surface area (Å²) in [6, 6.07) is 27.2. The van der Waals surface area contributed by atoms with Crippen molar-refractivity contribution in [3.8, 4) is 11.1 Å². The molecule has 2 heterocycles. The van der Waals surface area contributed by atoms with Gasteiger partial charge in [0.2, 0.25) is 0 Å². The summed E-state index contributed by atoms with van der Waals surface area (Å²) >= 11 is 0. The number of benzene rings is 3. The molecular weight excluding hydrogens is 372 g/mol. The zero-order chi connectivity index (χ0) is 20.3. The van der Waals surface area contributed by atoms with Crippen LogP contribution in [0.25, 0.3) is 22.0 Å². The molecule has 0 bridgehead atoms. The van der Waals surface area contributed by atoms with Crippen molar-refractivity contribution in [2.75, 3.05) is 26.3 Å². The highest BCUT2D eigenvalue weighted by Gasteiger charge is 2.22. The van der Waals surface area contributed by atoms with E-state index in [1.54, 1.807) is 0 Å². The Labute approximate surface area is 176 Å². The van der Waals surface area contributed by atoms with E-state index in [9.17, 15) is 4.79 Å². The fraction of sp³-hybridized carbons (Fsp3) is 0.192. The molecule has 0 atom stereocenters. The lowest BCUT2D eigenvalue weighted by Crippen LogP contribution is -2.40. The number of hydrogen-bond acceptors (Lipinski definition) is 2. The highest BCUT2D eigenvalue weighted by molar-refractivity contribution is 6.07. The first-order chi connectivity index (χ1) is 14.8. The molecular formula is C26H24N2O2. The number of amides is 1. The van der Waals surface area contributed by atoms with Crippen molar-refractivity contribution in [3.63, 3.8) is 0 Å². The Morgan fingerprint density at radius 2 is 1.57 bits per heavy atom. The third kappa shape index (κ3) is 3.62. The number of aromatic nitrogens is 1. The molecule has 1 fully saturated rings. The van der Waals surface area contributed by atoms with Crippen LogP contribution in [-0.4, -0.2) is 41.7 Å². The van der Waals surface area contributed by atoms with Gasteiger partial charge in [0.1, 0.15) is 0 Å². The molecule has 30 heavy (non-hydrogen) atoms. The Morgan fingerprint density at radius 1 is 0.833 bits per heavy atom. The van der Waals surface area contributed by atoms with Gasteiger partial charge in [-0.3, -0.25) is 4.79 Å². The predicted octanol–water partition coefficient (Wildman–Crippen LogP) is 4.83. The Morgan fingerprint density at radius 3 is 2.40 bits per heavy atom. The van der Waals surface area contributed by atoms with Crippen molar-refractivity contribution >= 4 is 16.8 Å². The Kier molecular flexibility index (Phi) is 5.08. The van der Waals surface area contributed by atoms with Crippen molar-refractivity contribution in [2.24, 2.45) is 0 Å². The summed E-state index contributed by atoms with van der Waals surface area (Å²) in [6.45, 7) is 3.24. The lowest BCUT2D eigenvalue weighted by atomic mass is 10.0. The number of morpholine rings is 1. The minimum atomic E-state index is 0.0892. The first-order valence-corrected chi connectivity index (χ1v) is 10.4. The van der Waals surface area contributed by atoms with Crippen LogP contribution in [-0.2, 0) is 11.3 Å². The normalized spacial score (nSPS) is 14.2. The second-order valence-corrected chi connectivity index (χ2v) is 7.66. The average molecular weight is 396 g/mol. The molecule has 4 aromatic rings. The van der Waals surface area contributed by atoms with Crippen LogP contribution in [0.2, 0.25) is 0 Å². The van der Waals surface area contributed by atoms with E-state index in [1.807, 2.05) is 35.4 Å². The molecule has 5 rings (SSSR count). The summed E-state index contributed by atoms with van der Waals surface area (Å²) in [5.74, 6) is 0.0892. The van der Waals surface area contributed by atoms with Gasteiger partial charge in [0.05, 0.1) is 18.8 Å². The van der Waals surface area contributed by atoms with Gasteiger partial charge in [-0.05, 0) is 28.8 Å². The van der Waals surface area contributed by atoms with Crippen molar-refractivity contribution < 1.29 is 9.53 Å². The fourth-order valence-electron chi connectivity index (χ4n) is 4.16. The highest BCUT2D eigenvalue weighted by atomic mass is 16.5. The van der Waals surface area contributed by atoms with E-state index in [4.69, 9.17) is 4.74 Å². The summed E-state index contributed by atoms with van der Waals surface area (Å²) in [5, 5.41) is 1.01. The summed E-state index contributed by atoms with van der Waals surface area (Å²) in [4.78, 5) is 15.1. The second kappa shape index (κ2) is 8.17. The molecule has 1 aromatic heterocycles. The number of nitrogens with zero attached hydrogens (tertiary/aromatic N) is 2. The van der Waals surface area contributed by atoms with Crippen LogP contribution < -0.4 is 0 Å². The molecule has 0 N–H and O–H groups in total. The van der Waals surface area contributed by atoms with Crippen molar-refractivity contribution in [1.29, 1.82) is 0 Å². The molecule has 150 valence electrons. The molecule has 4 nitrogen and oxygen atoms in total. The quantitative estimate of drug-likeness (QED) is 0.495. The molecule has 0 radical (unpaired) electrons. The zero-order valence-corrected chi connectivity index (χ0v) is 16.8. The Bertz CT molecular complexity index is 1170. The monoisotopic (exact) mass is 396 g/mol. The van der Waals surface area contributed by atoms with E-state index in [0.29, 0.717) is 26.3 Å². The summed E-state index contributed by atoms with van der Waals surface area (Å²) < 4.78 is 7.59. The summed E-state index contributed by atoms with van der Waals surface area (Å²) in [7, 11) is 0. The second-order valence-electron chi connectivity index (χ2n) is 7.66. The van der Waals surface area contributed by atoms with E-state index < -0.39 is 0 Å². The van der Waals surface area contributed by atoms with E-state index in [2.05, 4.69) is 59.2 Å². The number of ether oxygens (including phenoxy) is 1. The van der Waals surface area contributed by atoms with Crippen molar-refractivity contribution in [3.05, 3.63) is 96.2 Å². The van der Waals surface area contributed by atoms with Gasteiger partial charge in [-0.1, -0.05) is 66.7 Å². The Balaban J connectivity index is 1.49. The van der Waals surface area contributed by atoms with Gasteiger partial charge in [0.25, 0.3) is 5.91 Å². The van der Waals surface area contributed by atoms with Crippen molar-refractivity contribution in [2.45, 2.75) is 6.54 Å². The molecule has 0 spiro atoms. The average Bonchev–Trinajstić information content (AvgIpc) is 3.18. The molecule has 1 saturated heterocycles. The maximum atomic E-state index is 13.2. The van der Waals surface area contributed by atoms with Crippen LogP contribution in [0.4, 0.5) is 0 Å². The number of para-hydroxylation sites is 1. The van der Waals surface area contributed by atoms with Crippen LogP contribution in [0.1, 0.15) is 15.9 Å². The van der Waals surface area contributed by atoms with E-state index in [0.717, 1.165) is 23.0 Å². The SMILES string of the molecule is O=C(c1cn(Cc2cccc(-c3ccccc3)c2)c2ccccc12)N1CCOCC1. The third-order valence-electron chi connectivity index (χ3n) is 5.70. The van der Waals surface area contributed by atoms with Crippen LogP contribution >= 0.6 is 0 Å². The molecule has 0 aliphatic carbocycles. The maximum Gasteiger partial charge on any atom is 0.256 e. The van der Waals surface area contributed by atoms with Crippen LogP contribution in [0.15, 0.2) is 85.1 Å². The standard InChI is InChI=1S/C26H24N2O2/c29-26(27-13-15-30-16-14-27)24-19-28(25-12-5-4-11-23(24)25)18-20-7-6-10-22(17-20)21-8-2-1-3-9-21/h1-12,17,19H,13-16,18H2. The minimum Gasteiger partial charge on any atom is -0.378 e. The van der Waals surface area contributed by atoms with Gasteiger partial charge in [0, 0.05) is 36.7 Å². The molecule has 3 aromatic carbocycles. The predicted molar refractivity (Wildman–Crippen MR) is 120 cm³/mol. The lowest BCUT2D eigenvalue weighted by molar-refractivity contribution is 0.0304. The molecule has 0 unspecified atom stereocenters. The van der Waals surface area contributed by atoms with Crippen LogP contribution in [0, 0.1) is 0 Å². The summed E-state index contributed by atoms with van der Waals surface area (Å²) in [5.41, 5.74) is 5.47. The van der Waals surface area contributed by atoms with Gasteiger partial charge in [-0.2, -0.15) is 0 Å². The smallest absolute Gasteiger partial charge is 0.256 e. The van der Waals surface area contributed by atoms with Gasteiger partial charge in [-0.25, -0.2) is 0 Å². The fourth-order valence-corrected chi connectivity index (χ4v) is 4.16. The summed E-state index contributed by atoms with van der Waals surface area (Å²) in [6.07, 6.45) is 2.01. The number of rotatable bonds is 4. The molecule has 0 saturated carbocycles. The first-order valence-electron chi connectivity index (χ1n) is 10.4. The topological polar surface area (TPSA) is 34.5 Å². The maximum absolute atomic E-state index is 13.2. The highest BCUT2D eigenvalue weighted by Crippen LogP contribution is 2.26. The minimum absolute atomic E-state index is 0.0892. The molecule has 1 amide bonds. The number of carbonyl (C=O) groups excluding carboxylic acids is 1. The molecule has 1 aliphatic heterocycles. The van der Waals surface area contributed by atoms with E-state index >= 15 is 0 Å². The lowest BCUT2D eigenvalue weighted by Gasteiger charge is -2.26. The number of fused-ring (bicyclic) bond motifs is 1. The third-order valence-corrected chi connectivity index (χ3v) is 5.70. The first kappa shape index (κ1) is 18.6. The van der Waals surface area contributed by atoms with Crippen LogP contribution in [0.3, 0.4) is 0 Å². The Hall–Kier alpha value is -3.37. The number of carbonyl (C=O) groups is 1. The van der Waals surface area contributed by atoms with Gasteiger partial charge in [-0.15, -0.1) is 0 Å². The van der Waals surface area contributed by atoms with Gasteiger partial charge >= 0.3 is 0 Å². The zero-order valence-electron chi connectivity index (χ0n) is 16.8. The van der Waals surface area contributed by atoms with Gasteiger partial charge < -0.3 is 14.2 Å². The molecule has 4 heteroatoms. The number of hydrogen-bond donors (Lipinski definition) is 0.